The van der Waals surface area contributed by atoms with Crippen LogP contribution in [0.3, 0.4) is 0 Å². The fraction of sp³-hybridized carbons (Fsp3) is 0.200. The Morgan fingerprint density at radius 1 is 0.880 bits per heavy atom. The first kappa shape index (κ1) is 20.7. The Morgan fingerprint density at radius 2 is 1.36 bits per heavy atom. The summed E-state index contributed by atoms with van der Waals surface area (Å²) in [4.78, 5) is 5.44. The molecule has 0 heterocycles. The molecule has 25 heavy (non-hydrogen) atoms. The van der Waals surface area contributed by atoms with Crippen LogP contribution in [0.1, 0.15) is 12.5 Å². The van der Waals surface area contributed by atoms with Gasteiger partial charge in [0.25, 0.3) is 0 Å². The second kappa shape index (κ2) is 6.89. The van der Waals surface area contributed by atoms with Gasteiger partial charge in [0, 0.05) is 30.9 Å². The number of benzene rings is 2. The van der Waals surface area contributed by atoms with Gasteiger partial charge in [-0.2, -0.15) is 0 Å². The van der Waals surface area contributed by atoms with E-state index in [-0.39, 0.29) is 0 Å². The van der Waals surface area contributed by atoms with E-state index in [0.29, 0.717) is 5.69 Å². The van der Waals surface area contributed by atoms with Gasteiger partial charge < -0.3 is 4.90 Å². The van der Waals surface area contributed by atoms with Gasteiger partial charge in [0.2, 0.25) is 5.39 Å². The van der Waals surface area contributed by atoms with Crippen LogP contribution in [0.4, 0.5) is 36.6 Å². The SMILES string of the molecule is CCN(Cc1ccccc1)c1ccc([N+]#N)cc1.F[P-](F)(F)(F)(F)F. The number of halogens is 6. The monoisotopic (exact) mass is 383 g/mol. The number of anilines is 1. The van der Waals surface area contributed by atoms with Gasteiger partial charge in [-0.25, -0.2) is 0 Å². The average molecular weight is 383 g/mol. The van der Waals surface area contributed by atoms with Gasteiger partial charge >= 0.3 is 38.7 Å². The molecular weight excluding hydrogens is 367 g/mol. The maximum atomic E-state index is 9.87. The molecule has 2 aromatic rings. The topological polar surface area (TPSA) is 31.4 Å². The van der Waals surface area contributed by atoms with Crippen molar-refractivity contribution in [2.75, 3.05) is 11.4 Å². The Kier molecular flexibility index (Phi) is 5.70. The van der Waals surface area contributed by atoms with Gasteiger partial charge in [0.1, 0.15) is 0 Å². The van der Waals surface area contributed by atoms with Crippen molar-refractivity contribution in [1.82, 2.24) is 0 Å². The summed E-state index contributed by atoms with van der Waals surface area (Å²) in [5, 5.41) is 8.67. The maximum absolute atomic E-state index is 10.7. The number of hydrogen-bond donors (Lipinski definition) is 0. The van der Waals surface area contributed by atoms with Crippen LogP contribution in [-0.2, 0) is 6.54 Å². The zero-order chi connectivity index (χ0) is 19.2. The molecule has 0 N–H and O–H groups in total. The van der Waals surface area contributed by atoms with E-state index in [1.165, 1.54) is 5.56 Å². The normalized spacial score (nSPS) is 13.5. The molecular formula is C15H16F6N3P. The molecule has 0 aliphatic heterocycles. The molecule has 0 fully saturated rings. The van der Waals surface area contributed by atoms with Crippen LogP contribution in [0.15, 0.2) is 54.6 Å². The summed E-state index contributed by atoms with van der Waals surface area (Å²) in [6.45, 7) is 3.95. The molecule has 0 amide bonds. The summed E-state index contributed by atoms with van der Waals surface area (Å²) in [6, 6.07) is 17.9. The molecule has 0 aliphatic rings. The van der Waals surface area contributed by atoms with Gasteiger partial charge in [0.15, 0.2) is 4.98 Å². The molecule has 3 nitrogen and oxygen atoms in total. The van der Waals surface area contributed by atoms with E-state index >= 15 is 0 Å². The standard InChI is InChI=1S/C15H16N3.F6P/c1-2-18(12-13-6-4-3-5-7-13)15-10-8-14(17-16)9-11-15;1-7(2,3,4,5)6/h3-11H,2,12H2,1H3;/q+1;-1. The number of diazo groups is 1. The first-order valence-electron chi connectivity index (χ1n) is 7.09. The van der Waals surface area contributed by atoms with Crippen molar-refractivity contribution >= 4 is 19.2 Å². The molecule has 0 bridgehead atoms. The van der Waals surface area contributed by atoms with Crippen molar-refractivity contribution in [2.24, 2.45) is 0 Å². The zero-order valence-electron chi connectivity index (χ0n) is 13.2. The van der Waals surface area contributed by atoms with Crippen molar-refractivity contribution in [3.63, 3.8) is 0 Å². The Balaban J connectivity index is 0.000000381. The molecule has 0 saturated carbocycles. The minimum absolute atomic E-state index is 0.578. The summed E-state index contributed by atoms with van der Waals surface area (Å²) >= 11 is 0. The Hall–Kier alpha value is -2.33. The van der Waals surface area contributed by atoms with Crippen molar-refractivity contribution in [3.8, 4) is 0 Å². The predicted octanol–water partition coefficient (Wildman–Crippen LogP) is 7.58. The van der Waals surface area contributed by atoms with Crippen molar-refractivity contribution in [2.45, 2.75) is 13.5 Å². The number of hydrogen-bond acceptors (Lipinski definition) is 2. The van der Waals surface area contributed by atoms with Gasteiger partial charge in [-0.05, 0) is 24.6 Å². The summed E-state index contributed by atoms with van der Waals surface area (Å²) < 4.78 is 59.2. The second-order valence-electron chi connectivity index (χ2n) is 5.07. The molecule has 0 unspecified atom stereocenters. The van der Waals surface area contributed by atoms with Gasteiger partial charge in [-0.3, -0.25) is 0 Å². The first-order chi connectivity index (χ1) is 11.3. The molecule has 2 aromatic carbocycles. The van der Waals surface area contributed by atoms with Crippen LogP contribution >= 0.6 is 7.81 Å². The van der Waals surface area contributed by atoms with Crippen molar-refractivity contribution < 1.29 is 25.2 Å². The van der Waals surface area contributed by atoms with E-state index in [2.05, 4.69) is 41.1 Å². The average Bonchev–Trinajstić information content (AvgIpc) is 2.51. The third-order valence-electron chi connectivity index (χ3n) is 2.93. The van der Waals surface area contributed by atoms with E-state index in [1.54, 1.807) is 0 Å². The Labute approximate surface area is 140 Å². The zero-order valence-corrected chi connectivity index (χ0v) is 14.1. The van der Waals surface area contributed by atoms with Crippen LogP contribution in [-0.4, -0.2) is 6.54 Å². The summed E-state index contributed by atoms with van der Waals surface area (Å²) in [6.07, 6.45) is 0. The first-order valence-corrected chi connectivity index (χ1v) is 9.11. The van der Waals surface area contributed by atoms with Crippen LogP contribution in [0.5, 0.6) is 0 Å². The predicted molar refractivity (Wildman–Crippen MR) is 87.9 cm³/mol. The van der Waals surface area contributed by atoms with Gasteiger partial charge in [0.05, 0.1) is 0 Å². The molecule has 138 valence electrons. The quantitative estimate of drug-likeness (QED) is 0.310. The number of nitrogens with zero attached hydrogens (tertiary/aromatic N) is 3. The molecule has 0 radical (unpaired) electrons. The van der Waals surface area contributed by atoms with Gasteiger partial charge in [-0.15, -0.1) is 0 Å². The van der Waals surface area contributed by atoms with E-state index in [9.17, 15) is 25.2 Å². The Bertz CT molecular complexity index is 712. The summed E-state index contributed by atoms with van der Waals surface area (Å²) in [7, 11) is -10.7. The van der Waals surface area contributed by atoms with E-state index in [1.807, 2.05) is 30.3 Å². The van der Waals surface area contributed by atoms with Crippen molar-refractivity contribution in [1.29, 1.82) is 5.39 Å². The molecule has 2 rings (SSSR count). The van der Waals surface area contributed by atoms with Crippen molar-refractivity contribution in [3.05, 3.63) is 65.1 Å². The van der Waals surface area contributed by atoms with E-state index in [4.69, 9.17) is 5.39 Å². The third kappa shape index (κ3) is 11.0. The van der Waals surface area contributed by atoms with E-state index in [0.717, 1.165) is 18.8 Å². The molecule has 0 atom stereocenters. The summed E-state index contributed by atoms with van der Waals surface area (Å²) in [5.74, 6) is 0. The molecule has 0 spiro atoms. The van der Waals surface area contributed by atoms with E-state index < -0.39 is 7.81 Å². The van der Waals surface area contributed by atoms with Crippen LogP contribution < -0.4 is 4.90 Å². The molecule has 0 aromatic heterocycles. The van der Waals surface area contributed by atoms with Crippen LogP contribution in [0, 0.1) is 5.39 Å². The van der Waals surface area contributed by atoms with Gasteiger partial charge in [-0.1, -0.05) is 30.3 Å². The number of rotatable bonds is 4. The minimum atomic E-state index is -10.7. The molecule has 0 saturated heterocycles. The fourth-order valence-corrected chi connectivity index (χ4v) is 1.92. The second-order valence-corrected chi connectivity index (χ2v) is 6.99. The molecule has 0 aliphatic carbocycles. The molecule has 10 heteroatoms. The van der Waals surface area contributed by atoms with Crippen LogP contribution in [0.2, 0.25) is 0 Å². The summed E-state index contributed by atoms with van der Waals surface area (Å²) in [5.41, 5.74) is 3.00. The fourth-order valence-electron chi connectivity index (χ4n) is 1.92. The van der Waals surface area contributed by atoms with Crippen LogP contribution in [0.25, 0.3) is 4.98 Å². The third-order valence-corrected chi connectivity index (χ3v) is 2.93. The Morgan fingerprint density at radius 3 is 1.76 bits per heavy atom.